The number of aryl methyl sites for hydroxylation is 1. The third-order valence-corrected chi connectivity index (χ3v) is 6.76. The molecule has 0 spiro atoms. The van der Waals surface area contributed by atoms with E-state index in [4.69, 9.17) is 15.5 Å². The molecule has 1 amide bonds. The number of hydrogen-bond acceptors (Lipinski definition) is 5. The van der Waals surface area contributed by atoms with E-state index in [2.05, 4.69) is 14.7 Å². The fourth-order valence-corrected chi connectivity index (χ4v) is 4.94. The van der Waals surface area contributed by atoms with Crippen LogP contribution in [0.5, 0.6) is 5.88 Å². The largest absolute Gasteiger partial charge is 0.478 e. The topological polar surface area (TPSA) is 94.5 Å². The standard InChI is InChI=1S/C28H31N5O2/c1-3-35-23-17-30-26(29)25-24(32-27(33(23)25)21-9-5-6-10-21)20-14-12-19(13-15-20)16-31-28(34)22-11-7-4-8-18(22)2/h4,7-8,11-15,17,21H,3,5-6,9-10,16H2,1-2H3,(H2,29,30)(H,31,34). The molecule has 1 fully saturated rings. The summed E-state index contributed by atoms with van der Waals surface area (Å²) in [7, 11) is 0. The highest BCUT2D eigenvalue weighted by molar-refractivity contribution is 5.95. The van der Waals surface area contributed by atoms with Crippen LogP contribution in [0.3, 0.4) is 0 Å². The molecule has 3 N–H and O–H groups in total. The van der Waals surface area contributed by atoms with Gasteiger partial charge in [0.15, 0.2) is 0 Å². The number of nitrogens with two attached hydrogens (primary N) is 1. The average molecular weight is 470 g/mol. The van der Waals surface area contributed by atoms with Crippen molar-refractivity contribution in [2.75, 3.05) is 12.3 Å². The second-order valence-electron chi connectivity index (χ2n) is 9.09. The smallest absolute Gasteiger partial charge is 0.251 e. The van der Waals surface area contributed by atoms with Crippen molar-refractivity contribution in [1.82, 2.24) is 19.7 Å². The zero-order valence-electron chi connectivity index (χ0n) is 20.3. The number of rotatable bonds is 7. The van der Waals surface area contributed by atoms with E-state index in [-0.39, 0.29) is 5.91 Å². The monoisotopic (exact) mass is 469 g/mol. The van der Waals surface area contributed by atoms with Crippen molar-refractivity contribution in [2.24, 2.45) is 0 Å². The fraction of sp³-hybridized carbons (Fsp3) is 0.321. The zero-order chi connectivity index (χ0) is 24.4. The maximum Gasteiger partial charge on any atom is 0.251 e. The molecule has 1 aliphatic rings. The van der Waals surface area contributed by atoms with Crippen molar-refractivity contribution in [3.8, 4) is 17.1 Å². The number of ether oxygens (including phenoxy) is 1. The van der Waals surface area contributed by atoms with E-state index in [1.165, 1.54) is 12.8 Å². The van der Waals surface area contributed by atoms with E-state index in [0.717, 1.165) is 46.6 Å². The van der Waals surface area contributed by atoms with E-state index in [1.807, 2.05) is 62.4 Å². The fourth-order valence-electron chi connectivity index (χ4n) is 4.94. The number of aromatic nitrogens is 3. The Hall–Kier alpha value is -3.87. The highest BCUT2D eigenvalue weighted by atomic mass is 16.5. The molecule has 7 heteroatoms. The predicted octanol–water partition coefficient (Wildman–Crippen LogP) is 5.27. The minimum Gasteiger partial charge on any atom is -0.478 e. The molecular formula is C28H31N5O2. The number of carbonyl (C=O) groups is 1. The Morgan fingerprint density at radius 3 is 2.60 bits per heavy atom. The van der Waals surface area contributed by atoms with Crippen molar-refractivity contribution in [3.63, 3.8) is 0 Å². The van der Waals surface area contributed by atoms with Gasteiger partial charge in [0, 0.05) is 23.6 Å². The Labute approximate surface area is 205 Å². The van der Waals surface area contributed by atoms with E-state index in [9.17, 15) is 4.79 Å². The van der Waals surface area contributed by atoms with Crippen molar-refractivity contribution in [2.45, 2.75) is 52.0 Å². The number of hydrogen-bond donors (Lipinski definition) is 2. The lowest BCUT2D eigenvalue weighted by Crippen LogP contribution is -2.23. The Morgan fingerprint density at radius 2 is 1.89 bits per heavy atom. The van der Waals surface area contributed by atoms with Crippen LogP contribution in [0.15, 0.2) is 54.7 Å². The summed E-state index contributed by atoms with van der Waals surface area (Å²) in [6.07, 6.45) is 6.35. The van der Waals surface area contributed by atoms with Crippen LogP contribution in [-0.2, 0) is 6.54 Å². The summed E-state index contributed by atoms with van der Waals surface area (Å²) in [4.78, 5) is 22.1. The zero-order valence-corrected chi connectivity index (χ0v) is 20.3. The van der Waals surface area contributed by atoms with Crippen LogP contribution in [0.1, 0.15) is 65.8 Å². The first kappa shape index (κ1) is 22.9. The van der Waals surface area contributed by atoms with Gasteiger partial charge in [0.05, 0.1) is 12.8 Å². The van der Waals surface area contributed by atoms with Crippen LogP contribution in [0.25, 0.3) is 16.8 Å². The number of nitrogens with zero attached hydrogens (tertiary/aromatic N) is 3. The van der Waals surface area contributed by atoms with Crippen LogP contribution in [0, 0.1) is 6.92 Å². The van der Waals surface area contributed by atoms with Gasteiger partial charge < -0.3 is 15.8 Å². The molecule has 0 aliphatic heterocycles. The summed E-state index contributed by atoms with van der Waals surface area (Å²) in [5.41, 5.74) is 11.6. The summed E-state index contributed by atoms with van der Waals surface area (Å²) in [5, 5.41) is 3.01. The summed E-state index contributed by atoms with van der Waals surface area (Å²) < 4.78 is 7.97. The van der Waals surface area contributed by atoms with Crippen molar-refractivity contribution >= 4 is 17.2 Å². The molecule has 0 saturated heterocycles. The van der Waals surface area contributed by atoms with Gasteiger partial charge in [0.2, 0.25) is 5.88 Å². The molecule has 5 rings (SSSR count). The summed E-state index contributed by atoms with van der Waals surface area (Å²) in [6, 6.07) is 15.7. The molecule has 2 heterocycles. The van der Waals surface area contributed by atoms with Gasteiger partial charge in [0.25, 0.3) is 5.91 Å². The minimum atomic E-state index is -0.0734. The Morgan fingerprint density at radius 1 is 1.14 bits per heavy atom. The number of benzene rings is 2. The number of amides is 1. The Bertz CT molecular complexity index is 1350. The summed E-state index contributed by atoms with van der Waals surface area (Å²) in [6.45, 7) is 4.90. The second-order valence-corrected chi connectivity index (χ2v) is 9.09. The maximum absolute atomic E-state index is 12.6. The van der Waals surface area contributed by atoms with Gasteiger partial charge in [-0.3, -0.25) is 9.20 Å². The minimum absolute atomic E-state index is 0.0734. The number of anilines is 1. The van der Waals surface area contributed by atoms with E-state index in [0.29, 0.717) is 36.3 Å². The van der Waals surface area contributed by atoms with Gasteiger partial charge in [-0.2, -0.15) is 0 Å². The average Bonchev–Trinajstić information content (AvgIpc) is 3.54. The number of imidazole rings is 1. The van der Waals surface area contributed by atoms with Crippen LogP contribution < -0.4 is 15.8 Å². The summed E-state index contributed by atoms with van der Waals surface area (Å²) >= 11 is 0. The maximum atomic E-state index is 12.6. The molecule has 4 aromatic rings. The van der Waals surface area contributed by atoms with Gasteiger partial charge >= 0.3 is 0 Å². The molecule has 2 aromatic heterocycles. The molecule has 180 valence electrons. The molecule has 7 nitrogen and oxygen atoms in total. The van der Waals surface area contributed by atoms with Crippen molar-refractivity contribution in [3.05, 3.63) is 77.2 Å². The Balaban J connectivity index is 1.45. The molecule has 0 unspecified atom stereocenters. The molecule has 1 saturated carbocycles. The van der Waals surface area contributed by atoms with Crippen molar-refractivity contribution in [1.29, 1.82) is 0 Å². The van der Waals surface area contributed by atoms with Crippen LogP contribution in [-0.4, -0.2) is 26.9 Å². The lowest BCUT2D eigenvalue weighted by atomic mass is 10.1. The van der Waals surface area contributed by atoms with Gasteiger partial charge in [-0.15, -0.1) is 0 Å². The predicted molar refractivity (Wildman–Crippen MR) is 138 cm³/mol. The first-order chi connectivity index (χ1) is 17.1. The van der Waals surface area contributed by atoms with Gasteiger partial charge in [0.1, 0.15) is 22.9 Å². The summed E-state index contributed by atoms with van der Waals surface area (Å²) in [5.74, 6) is 2.42. The Kier molecular flexibility index (Phi) is 6.40. The van der Waals surface area contributed by atoms with Crippen LogP contribution in [0.4, 0.5) is 5.82 Å². The lowest BCUT2D eigenvalue weighted by Gasteiger charge is -2.13. The molecule has 2 aromatic carbocycles. The van der Waals surface area contributed by atoms with Crippen LogP contribution >= 0.6 is 0 Å². The van der Waals surface area contributed by atoms with Crippen LogP contribution in [0.2, 0.25) is 0 Å². The van der Waals surface area contributed by atoms with E-state index >= 15 is 0 Å². The molecule has 35 heavy (non-hydrogen) atoms. The van der Waals surface area contributed by atoms with Crippen molar-refractivity contribution < 1.29 is 9.53 Å². The number of nitrogen functional groups attached to an aromatic ring is 1. The number of carbonyl (C=O) groups excluding carboxylic acids is 1. The SMILES string of the molecule is CCOc1cnc(N)c2c(-c3ccc(CNC(=O)c4ccccc4C)cc3)nc(C3CCCC3)n12. The first-order valence-corrected chi connectivity index (χ1v) is 12.3. The van der Waals surface area contributed by atoms with E-state index < -0.39 is 0 Å². The molecule has 0 bridgehead atoms. The molecule has 1 aliphatic carbocycles. The normalized spacial score (nSPS) is 13.9. The molecule has 0 atom stereocenters. The second kappa shape index (κ2) is 9.78. The highest BCUT2D eigenvalue weighted by Crippen LogP contribution is 2.39. The quantitative estimate of drug-likeness (QED) is 0.384. The highest BCUT2D eigenvalue weighted by Gasteiger charge is 2.27. The van der Waals surface area contributed by atoms with Gasteiger partial charge in [-0.05, 0) is 43.9 Å². The molecular weight excluding hydrogens is 438 g/mol. The first-order valence-electron chi connectivity index (χ1n) is 12.3. The third-order valence-electron chi connectivity index (χ3n) is 6.76. The number of nitrogens with one attached hydrogen (secondary N) is 1. The number of fused-ring (bicyclic) bond motifs is 1. The third kappa shape index (κ3) is 4.46. The van der Waals surface area contributed by atoms with Gasteiger partial charge in [-0.25, -0.2) is 9.97 Å². The lowest BCUT2D eigenvalue weighted by molar-refractivity contribution is 0.0950. The van der Waals surface area contributed by atoms with E-state index in [1.54, 1.807) is 6.20 Å². The van der Waals surface area contributed by atoms with Gasteiger partial charge in [-0.1, -0.05) is 55.3 Å². The molecule has 0 radical (unpaired) electrons.